The quantitative estimate of drug-likeness (QED) is 0.801. The van der Waals surface area contributed by atoms with Gasteiger partial charge in [-0.2, -0.15) is 5.10 Å². The Morgan fingerprint density at radius 1 is 1.11 bits per heavy atom. The summed E-state index contributed by atoms with van der Waals surface area (Å²) in [7, 11) is 0. The summed E-state index contributed by atoms with van der Waals surface area (Å²) in [5, 5.41) is 5.47. The number of aromatic nitrogens is 3. The summed E-state index contributed by atoms with van der Waals surface area (Å²) in [6.07, 6.45) is 10.8. The van der Waals surface area contributed by atoms with Gasteiger partial charge in [0.2, 0.25) is 0 Å². The Labute approximate surface area is 161 Å². The van der Waals surface area contributed by atoms with E-state index in [4.69, 9.17) is 4.98 Å². The van der Waals surface area contributed by atoms with Crippen LogP contribution in [0.4, 0.5) is 0 Å². The number of rotatable bonds is 3. The molecule has 3 fully saturated rings. The van der Waals surface area contributed by atoms with Crippen LogP contribution in [-0.2, 0) is 0 Å². The first-order valence-electron chi connectivity index (χ1n) is 10.8. The summed E-state index contributed by atoms with van der Waals surface area (Å²) in [5.41, 5.74) is 2.79. The van der Waals surface area contributed by atoms with Crippen LogP contribution < -0.4 is 0 Å². The Hall–Kier alpha value is -1.91. The van der Waals surface area contributed by atoms with E-state index in [2.05, 4.69) is 29.9 Å². The molecule has 3 heterocycles. The molecule has 2 saturated carbocycles. The molecule has 144 valence electrons. The Morgan fingerprint density at radius 3 is 2.63 bits per heavy atom. The third kappa shape index (κ3) is 3.05. The summed E-state index contributed by atoms with van der Waals surface area (Å²) >= 11 is 0. The van der Waals surface area contributed by atoms with E-state index in [0.29, 0.717) is 11.8 Å². The molecule has 3 aliphatic rings. The van der Waals surface area contributed by atoms with E-state index in [1.807, 2.05) is 10.9 Å². The van der Waals surface area contributed by atoms with Crippen molar-refractivity contribution in [3.05, 3.63) is 23.5 Å². The highest BCUT2D eigenvalue weighted by molar-refractivity contribution is 6.05. The van der Waals surface area contributed by atoms with Crippen LogP contribution in [0.25, 0.3) is 11.0 Å². The number of piperidine rings is 1. The molecule has 5 nitrogen and oxygen atoms in total. The number of nitrogens with zero attached hydrogens (tertiary/aromatic N) is 4. The number of hydrogen-bond acceptors (Lipinski definition) is 3. The maximum atomic E-state index is 13.5. The van der Waals surface area contributed by atoms with Crippen molar-refractivity contribution < 1.29 is 4.79 Å². The van der Waals surface area contributed by atoms with Gasteiger partial charge in [0.05, 0.1) is 17.1 Å². The van der Waals surface area contributed by atoms with Gasteiger partial charge in [-0.25, -0.2) is 9.67 Å². The zero-order valence-electron chi connectivity index (χ0n) is 16.5. The van der Waals surface area contributed by atoms with Crippen molar-refractivity contribution in [2.75, 3.05) is 13.1 Å². The molecule has 1 aliphatic heterocycles. The molecule has 5 heteroatoms. The number of carbonyl (C=O) groups excluding carboxylic acids is 1. The summed E-state index contributed by atoms with van der Waals surface area (Å²) in [4.78, 5) is 20.5. The predicted molar refractivity (Wildman–Crippen MR) is 106 cm³/mol. The zero-order chi connectivity index (χ0) is 18.5. The molecule has 2 aromatic heterocycles. The highest BCUT2D eigenvalue weighted by Crippen LogP contribution is 2.41. The third-order valence-corrected chi connectivity index (χ3v) is 6.88. The molecule has 2 aliphatic carbocycles. The van der Waals surface area contributed by atoms with Crippen LogP contribution in [0.15, 0.2) is 12.3 Å². The van der Waals surface area contributed by atoms with E-state index in [-0.39, 0.29) is 11.9 Å². The van der Waals surface area contributed by atoms with E-state index < -0.39 is 0 Å². The normalized spacial score (nSPS) is 25.8. The van der Waals surface area contributed by atoms with Crippen molar-refractivity contribution in [1.29, 1.82) is 0 Å². The Balaban J connectivity index is 1.50. The molecular weight excluding hydrogens is 336 g/mol. The fraction of sp³-hybridized carbons (Fsp3) is 0.682. The molecule has 0 aromatic carbocycles. The lowest BCUT2D eigenvalue weighted by Gasteiger charge is -2.41. The van der Waals surface area contributed by atoms with E-state index in [9.17, 15) is 4.79 Å². The van der Waals surface area contributed by atoms with Crippen molar-refractivity contribution in [2.24, 2.45) is 11.8 Å². The van der Waals surface area contributed by atoms with Crippen LogP contribution in [-0.4, -0.2) is 38.7 Å². The van der Waals surface area contributed by atoms with Crippen LogP contribution in [0.2, 0.25) is 0 Å². The minimum Gasteiger partial charge on any atom is -0.338 e. The number of pyridine rings is 1. The van der Waals surface area contributed by atoms with Gasteiger partial charge in [0, 0.05) is 30.7 Å². The highest BCUT2D eigenvalue weighted by Gasteiger charge is 2.35. The minimum absolute atomic E-state index is 0.191. The Kier molecular flexibility index (Phi) is 4.21. The highest BCUT2D eigenvalue weighted by atomic mass is 16.2. The van der Waals surface area contributed by atoms with Gasteiger partial charge in [-0.1, -0.05) is 19.3 Å². The van der Waals surface area contributed by atoms with Crippen LogP contribution in [0.3, 0.4) is 0 Å². The van der Waals surface area contributed by atoms with Crippen LogP contribution in [0.5, 0.6) is 0 Å². The van der Waals surface area contributed by atoms with Gasteiger partial charge in [0.15, 0.2) is 5.65 Å². The van der Waals surface area contributed by atoms with Crippen LogP contribution in [0, 0.1) is 11.8 Å². The van der Waals surface area contributed by atoms with Gasteiger partial charge >= 0.3 is 0 Å². The average molecular weight is 367 g/mol. The third-order valence-electron chi connectivity index (χ3n) is 6.88. The number of fused-ring (bicyclic) bond motifs is 2. The van der Waals surface area contributed by atoms with E-state index >= 15 is 0 Å². The molecule has 0 unspecified atom stereocenters. The molecule has 5 rings (SSSR count). The van der Waals surface area contributed by atoms with Crippen molar-refractivity contribution in [3.63, 3.8) is 0 Å². The lowest BCUT2D eigenvalue weighted by atomic mass is 9.75. The first kappa shape index (κ1) is 17.2. The maximum absolute atomic E-state index is 13.5. The Morgan fingerprint density at radius 2 is 1.89 bits per heavy atom. The smallest absolute Gasteiger partial charge is 0.254 e. The summed E-state index contributed by atoms with van der Waals surface area (Å²) in [5.74, 6) is 2.26. The molecule has 0 N–H and O–H groups in total. The van der Waals surface area contributed by atoms with E-state index in [0.717, 1.165) is 41.3 Å². The monoisotopic (exact) mass is 366 g/mol. The van der Waals surface area contributed by atoms with Crippen LogP contribution >= 0.6 is 0 Å². The number of likely N-dealkylation sites (tertiary alicyclic amines) is 1. The minimum atomic E-state index is 0.191. The summed E-state index contributed by atoms with van der Waals surface area (Å²) in [6, 6.07) is 2.31. The van der Waals surface area contributed by atoms with Crippen molar-refractivity contribution in [1.82, 2.24) is 19.7 Å². The summed E-state index contributed by atoms with van der Waals surface area (Å²) < 4.78 is 1.96. The Bertz CT molecular complexity index is 867. The lowest BCUT2D eigenvalue weighted by molar-refractivity contribution is 0.0522. The van der Waals surface area contributed by atoms with Gasteiger partial charge < -0.3 is 4.90 Å². The largest absolute Gasteiger partial charge is 0.338 e. The zero-order valence-corrected chi connectivity index (χ0v) is 16.5. The van der Waals surface area contributed by atoms with Gasteiger partial charge in [-0.15, -0.1) is 0 Å². The van der Waals surface area contributed by atoms with Crippen molar-refractivity contribution in [2.45, 2.75) is 70.8 Å². The molecule has 2 atom stereocenters. The van der Waals surface area contributed by atoms with Gasteiger partial charge in [0.25, 0.3) is 5.91 Å². The standard InChI is InChI=1S/C22H30N4O/c1-14(2)26-21-19(12-23-26)18(11-20(24-21)16-7-8-16)22(27)25-10-9-15-5-3-4-6-17(15)13-25/h11-12,14-17H,3-10,13H2,1-2H3/t15-,17+/m1/s1. The van der Waals surface area contributed by atoms with Gasteiger partial charge in [-0.05, 0) is 57.4 Å². The number of amides is 1. The van der Waals surface area contributed by atoms with Crippen LogP contribution in [0.1, 0.15) is 86.8 Å². The molecular formula is C22H30N4O. The summed E-state index contributed by atoms with van der Waals surface area (Å²) in [6.45, 7) is 6.08. The topological polar surface area (TPSA) is 51.0 Å². The first-order valence-corrected chi connectivity index (χ1v) is 10.8. The second kappa shape index (κ2) is 6.61. The molecule has 27 heavy (non-hydrogen) atoms. The lowest BCUT2D eigenvalue weighted by Crippen LogP contribution is -2.44. The number of hydrogen-bond donors (Lipinski definition) is 0. The second-order valence-electron chi connectivity index (χ2n) is 9.13. The number of carbonyl (C=O) groups is 1. The molecule has 1 saturated heterocycles. The molecule has 0 bridgehead atoms. The van der Waals surface area contributed by atoms with Crippen molar-refractivity contribution in [3.8, 4) is 0 Å². The SMILES string of the molecule is CC(C)n1ncc2c(C(=O)N3CC[C@H]4CCCC[C@H]4C3)cc(C3CC3)nc21. The average Bonchev–Trinajstić information content (AvgIpc) is 3.45. The molecule has 0 spiro atoms. The first-order chi connectivity index (χ1) is 13.1. The van der Waals surface area contributed by atoms with Gasteiger partial charge in [0.1, 0.15) is 0 Å². The fourth-order valence-corrected chi connectivity index (χ4v) is 5.14. The maximum Gasteiger partial charge on any atom is 0.254 e. The fourth-order valence-electron chi connectivity index (χ4n) is 5.14. The van der Waals surface area contributed by atoms with E-state index in [1.165, 1.54) is 44.9 Å². The van der Waals surface area contributed by atoms with Crippen molar-refractivity contribution >= 4 is 16.9 Å². The molecule has 1 amide bonds. The molecule has 0 radical (unpaired) electrons. The predicted octanol–water partition coefficient (Wildman–Crippen LogP) is 4.54. The second-order valence-corrected chi connectivity index (χ2v) is 9.13. The van der Waals surface area contributed by atoms with Gasteiger partial charge in [-0.3, -0.25) is 4.79 Å². The molecule has 2 aromatic rings. The van der Waals surface area contributed by atoms with E-state index in [1.54, 1.807) is 0 Å².